The minimum atomic E-state index is 1.03. The number of hydrogen-bond acceptors (Lipinski definition) is 2. The molecule has 0 radical (unpaired) electrons. The van der Waals surface area contributed by atoms with E-state index in [9.17, 15) is 0 Å². The van der Waals surface area contributed by atoms with Crippen molar-refractivity contribution < 1.29 is 19.1 Å². The van der Waals surface area contributed by atoms with Crippen molar-refractivity contribution in [3.05, 3.63) is 97.1 Å². The van der Waals surface area contributed by atoms with Crippen molar-refractivity contribution in [2.45, 2.75) is 0 Å². The Kier molecular flexibility index (Phi) is 4.18. The van der Waals surface area contributed by atoms with Crippen molar-refractivity contribution in [1.82, 2.24) is 0 Å². The summed E-state index contributed by atoms with van der Waals surface area (Å²) in [6.45, 7) is 0. The number of para-hydroxylation sites is 2. The highest BCUT2D eigenvalue weighted by Gasteiger charge is 2.22. The van der Waals surface area contributed by atoms with Gasteiger partial charge in [-0.3, -0.25) is 9.68 Å². The summed E-state index contributed by atoms with van der Waals surface area (Å²) in [7, 11) is 3.42. The van der Waals surface area contributed by atoms with Gasteiger partial charge in [-0.1, -0.05) is 48.5 Å². The maximum absolute atomic E-state index is 5.81. The third-order valence-corrected chi connectivity index (χ3v) is 6.17. The molecule has 32 heavy (non-hydrogen) atoms. The minimum Gasteiger partial charge on any atom is -0.273 e. The molecule has 4 heteroatoms. The van der Waals surface area contributed by atoms with Gasteiger partial charge in [-0.15, -0.1) is 0 Å². The molecule has 0 spiro atoms. The van der Waals surface area contributed by atoms with Crippen LogP contribution in [0.5, 0.6) is 0 Å². The predicted molar refractivity (Wildman–Crippen MR) is 127 cm³/mol. The summed E-state index contributed by atoms with van der Waals surface area (Å²) >= 11 is 0. The Labute approximate surface area is 185 Å². The second-order valence-corrected chi connectivity index (χ2v) is 7.84. The van der Waals surface area contributed by atoms with Crippen LogP contribution in [0.4, 0.5) is 0 Å². The van der Waals surface area contributed by atoms with Crippen LogP contribution in [-0.2, 0) is 0 Å². The smallest absolute Gasteiger partial charge is 0.266 e. The molecule has 0 amide bonds. The number of benzene rings is 4. The van der Waals surface area contributed by atoms with Crippen molar-refractivity contribution in [1.29, 1.82) is 0 Å². The molecule has 4 nitrogen and oxygen atoms in total. The third-order valence-electron chi connectivity index (χ3n) is 6.17. The Morgan fingerprint density at radius 3 is 1.31 bits per heavy atom. The van der Waals surface area contributed by atoms with Crippen LogP contribution >= 0.6 is 0 Å². The molecule has 154 valence electrons. The van der Waals surface area contributed by atoms with E-state index in [4.69, 9.17) is 9.68 Å². The lowest BCUT2D eigenvalue weighted by molar-refractivity contribution is -0.844. The van der Waals surface area contributed by atoms with E-state index in [2.05, 4.69) is 84.9 Å². The second kappa shape index (κ2) is 7.20. The molecule has 0 saturated carbocycles. The first-order valence-corrected chi connectivity index (χ1v) is 10.6. The van der Waals surface area contributed by atoms with E-state index in [1.54, 1.807) is 14.2 Å². The zero-order chi connectivity index (χ0) is 21.7. The molecule has 2 heterocycles. The molecule has 2 aromatic heterocycles. The Bertz CT molecular complexity index is 1530. The summed E-state index contributed by atoms with van der Waals surface area (Å²) in [5.41, 5.74) is 6.45. The summed E-state index contributed by atoms with van der Waals surface area (Å²) in [6, 6.07) is 33.8. The Balaban J connectivity index is 1.76. The predicted octanol–water partition coefficient (Wildman–Crippen LogP) is 4.66. The van der Waals surface area contributed by atoms with E-state index in [-0.39, 0.29) is 0 Å². The number of hydrogen-bond donors (Lipinski definition) is 0. The molecule has 0 aliphatic rings. The van der Waals surface area contributed by atoms with E-state index in [0.717, 1.165) is 54.7 Å². The van der Waals surface area contributed by atoms with Gasteiger partial charge in [0.1, 0.15) is 14.2 Å². The van der Waals surface area contributed by atoms with Crippen LogP contribution in [0.15, 0.2) is 97.1 Å². The maximum Gasteiger partial charge on any atom is 0.266 e. The van der Waals surface area contributed by atoms with Crippen LogP contribution in [0.2, 0.25) is 0 Å². The lowest BCUT2D eigenvalue weighted by atomic mass is 9.95. The van der Waals surface area contributed by atoms with Crippen LogP contribution < -0.4 is 19.1 Å². The van der Waals surface area contributed by atoms with Gasteiger partial charge in [-0.05, 0) is 35.4 Å². The molecule has 0 fully saturated rings. The van der Waals surface area contributed by atoms with E-state index in [0.29, 0.717) is 0 Å². The second-order valence-electron chi connectivity index (χ2n) is 7.84. The normalized spacial score (nSPS) is 11.4. The van der Waals surface area contributed by atoms with Gasteiger partial charge in [-0.2, -0.15) is 0 Å². The molecular formula is C28H22N2O2+2. The molecule has 6 rings (SSSR count). The molecule has 0 N–H and O–H groups in total. The highest BCUT2D eigenvalue weighted by molar-refractivity contribution is 6.06. The average molecular weight is 418 g/mol. The van der Waals surface area contributed by atoms with Gasteiger partial charge in [0.05, 0.1) is 21.5 Å². The first-order valence-electron chi connectivity index (χ1n) is 10.6. The average Bonchev–Trinajstić information content (AvgIpc) is 2.85. The van der Waals surface area contributed by atoms with Crippen molar-refractivity contribution in [3.8, 4) is 11.1 Å². The van der Waals surface area contributed by atoms with Crippen LogP contribution in [0.1, 0.15) is 0 Å². The first kappa shape index (κ1) is 18.6. The number of pyridine rings is 2. The Morgan fingerprint density at radius 2 is 0.875 bits per heavy atom. The molecule has 0 bridgehead atoms. The fourth-order valence-electron chi connectivity index (χ4n) is 4.79. The highest BCUT2D eigenvalue weighted by Crippen LogP contribution is 2.34. The quantitative estimate of drug-likeness (QED) is 0.309. The molecular weight excluding hydrogens is 396 g/mol. The Hall–Kier alpha value is -4.18. The van der Waals surface area contributed by atoms with E-state index >= 15 is 0 Å². The zero-order valence-corrected chi connectivity index (χ0v) is 17.9. The van der Waals surface area contributed by atoms with Gasteiger partial charge in [0.15, 0.2) is 0 Å². The molecule has 0 atom stereocenters. The summed E-state index contributed by atoms with van der Waals surface area (Å²) in [4.78, 5) is 11.6. The lowest BCUT2D eigenvalue weighted by Crippen LogP contribution is -2.42. The van der Waals surface area contributed by atoms with Crippen molar-refractivity contribution in [2.75, 3.05) is 14.2 Å². The fourth-order valence-corrected chi connectivity index (χ4v) is 4.79. The molecule has 0 saturated heterocycles. The first-order chi connectivity index (χ1) is 15.8. The van der Waals surface area contributed by atoms with Gasteiger partial charge < -0.3 is 0 Å². The van der Waals surface area contributed by atoms with E-state index in [1.165, 1.54) is 0 Å². The van der Waals surface area contributed by atoms with E-state index in [1.807, 2.05) is 21.6 Å². The zero-order valence-electron chi connectivity index (χ0n) is 17.9. The number of rotatable bonds is 3. The molecule has 6 aromatic rings. The maximum atomic E-state index is 5.81. The van der Waals surface area contributed by atoms with Crippen molar-refractivity contribution >= 4 is 43.6 Å². The fraction of sp³-hybridized carbons (Fsp3) is 0.0714. The molecule has 0 aliphatic heterocycles. The largest absolute Gasteiger partial charge is 0.273 e. The Morgan fingerprint density at radius 1 is 0.469 bits per heavy atom. The summed E-state index contributed by atoms with van der Waals surface area (Å²) < 4.78 is 3.81. The van der Waals surface area contributed by atoms with Crippen LogP contribution in [-0.4, -0.2) is 14.2 Å². The number of nitrogens with zero attached hydrogens (tertiary/aromatic N) is 2. The summed E-state index contributed by atoms with van der Waals surface area (Å²) in [5.74, 6) is 0. The standard InChI is InChI=1S/C28H22N2O2/c1-31-29-25-13-5-3-9-19(25)17-23-21(11-7-15-27(23)29)22-12-8-16-28-24(22)18-20-10-4-6-14-26(20)30(28)32-2/h3-18H,1-2H3/q+2. The van der Waals surface area contributed by atoms with Crippen LogP contribution in [0.25, 0.3) is 54.7 Å². The van der Waals surface area contributed by atoms with Crippen LogP contribution in [0.3, 0.4) is 0 Å². The molecule has 0 unspecified atom stereocenters. The topological polar surface area (TPSA) is 26.2 Å². The monoisotopic (exact) mass is 418 g/mol. The summed E-state index contributed by atoms with van der Waals surface area (Å²) in [6.07, 6.45) is 0. The van der Waals surface area contributed by atoms with E-state index < -0.39 is 0 Å². The van der Waals surface area contributed by atoms with Crippen LogP contribution in [0, 0.1) is 0 Å². The minimum absolute atomic E-state index is 1.03. The van der Waals surface area contributed by atoms with Gasteiger partial charge in [0.2, 0.25) is 0 Å². The van der Waals surface area contributed by atoms with Crippen molar-refractivity contribution in [2.24, 2.45) is 0 Å². The highest BCUT2D eigenvalue weighted by atomic mass is 16.6. The third kappa shape index (κ3) is 2.63. The SMILES string of the molecule is CO[n+]1c2ccccc2cc2c(-c3cccc4c3cc3ccccc3[n+]4OC)cccc21. The van der Waals surface area contributed by atoms with Gasteiger partial charge in [-0.25, -0.2) is 0 Å². The number of aromatic nitrogens is 2. The van der Waals surface area contributed by atoms with Gasteiger partial charge >= 0.3 is 0 Å². The molecule has 4 aromatic carbocycles. The molecule has 0 aliphatic carbocycles. The number of fused-ring (bicyclic) bond motifs is 4. The van der Waals surface area contributed by atoms with Crippen molar-refractivity contribution in [3.63, 3.8) is 0 Å². The summed E-state index contributed by atoms with van der Waals surface area (Å²) in [5, 5.41) is 4.54. The lowest BCUT2D eigenvalue weighted by Gasteiger charge is -2.10. The van der Waals surface area contributed by atoms with Gasteiger partial charge in [0.25, 0.3) is 22.1 Å². The van der Waals surface area contributed by atoms with Gasteiger partial charge in [0, 0.05) is 33.7 Å².